The van der Waals surface area contributed by atoms with E-state index in [0.29, 0.717) is 31.4 Å². The predicted molar refractivity (Wildman–Crippen MR) is 113 cm³/mol. The summed E-state index contributed by atoms with van der Waals surface area (Å²) in [7, 11) is 0. The molecule has 1 aliphatic heterocycles. The van der Waals surface area contributed by atoms with Crippen molar-refractivity contribution >= 4 is 23.4 Å². The van der Waals surface area contributed by atoms with E-state index in [0.717, 1.165) is 11.1 Å². The Morgan fingerprint density at radius 3 is 2.23 bits per heavy atom. The molecule has 0 aromatic heterocycles. The standard InChI is InChI=1S/C24H25NO5/c1-16-11-13-18(14-12-16)22(28)20-21(17-8-4-2-5-9-17)25(24(30)23(20)29)15-7-3-6-10-19(26)27/h2,4-5,8-9,11-14,21,28H,3,6-7,10,15H2,1H3,(H,26,27)/b22-20-. The highest BCUT2D eigenvalue weighted by Gasteiger charge is 2.45. The number of carbonyl (C=O) groups excluding carboxylic acids is 2. The van der Waals surface area contributed by atoms with Gasteiger partial charge in [0.2, 0.25) is 0 Å². The van der Waals surface area contributed by atoms with Gasteiger partial charge in [-0.2, -0.15) is 0 Å². The molecule has 1 atom stereocenters. The molecule has 2 N–H and O–H groups in total. The van der Waals surface area contributed by atoms with Crippen LogP contribution in [0.15, 0.2) is 60.2 Å². The molecule has 30 heavy (non-hydrogen) atoms. The minimum absolute atomic E-state index is 0.0777. The van der Waals surface area contributed by atoms with Crippen molar-refractivity contribution in [1.82, 2.24) is 4.90 Å². The number of rotatable bonds is 8. The van der Waals surface area contributed by atoms with Gasteiger partial charge in [-0.15, -0.1) is 0 Å². The molecule has 0 spiro atoms. The maximum absolute atomic E-state index is 12.9. The quantitative estimate of drug-likeness (QED) is 0.298. The lowest BCUT2D eigenvalue weighted by atomic mass is 9.95. The Morgan fingerprint density at radius 2 is 1.60 bits per heavy atom. The third-order valence-corrected chi connectivity index (χ3v) is 5.27. The number of benzene rings is 2. The van der Waals surface area contributed by atoms with Gasteiger partial charge < -0.3 is 15.1 Å². The van der Waals surface area contributed by atoms with Gasteiger partial charge in [-0.3, -0.25) is 14.4 Å². The first kappa shape index (κ1) is 21.3. The van der Waals surface area contributed by atoms with Crippen LogP contribution in [0.4, 0.5) is 0 Å². The van der Waals surface area contributed by atoms with Crippen molar-refractivity contribution in [3.63, 3.8) is 0 Å². The molecule has 0 radical (unpaired) electrons. The zero-order chi connectivity index (χ0) is 21.7. The Balaban J connectivity index is 1.94. The van der Waals surface area contributed by atoms with Crippen molar-refractivity contribution in [3.8, 4) is 0 Å². The second-order valence-corrected chi connectivity index (χ2v) is 7.47. The first-order valence-corrected chi connectivity index (χ1v) is 10.0. The second kappa shape index (κ2) is 9.39. The van der Waals surface area contributed by atoms with Crippen LogP contribution in [-0.2, 0) is 14.4 Å². The molecule has 1 heterocycles. The average molecular weight is 407 g/mol. The van der Waals surface area contributed by atoms with Gasteiger partial charge in [-0.25, -0.2) is 0 Å². The largest absolute Gasteiger partial charge is 0.507 e. The van der Waals surface area contributed by atoms with Crippen LogP contribution in [0.3, 0.4) is 0 Å². The van der Waals surface area contributed by atoms with Crippen LogP contribution in [0.5, 0.6) is 0 Å². The number of nitrogens with zero attached hydrogens (tertiary/aromatic N) is 1. The summed E-state index contributed by atoms with van der Waals surface area (Å²) in [6, 6.07) is 15.6. The van der Waals surface area contributed by atoms with Crippen molar-refractivity contribution in [2.75, 3.05) is 6.54 Å². The summed E-state index contributed by atoms with van der Waals surface area (Å²) in [6.07, 6.45) is 1.80. The third-order valence-electron chi connectivity index (χ3n) is 5.27. The molecular weight excluding hydrogens is 382 g/mol. The number of hydrogen-bond acceptors (Lipinski definition) is 4. The van der Waals surface area contributed by atoms with Gasteiger partial charge >= 0.3 is 5.97 Å². The van der Waals surface area contributed by atoms with Crippen molar-refractivity contribution in [2.24, 2.45) is 0 Å². The number of aryl methyl sites for hydroxylation is 1. The van der Waals surface area contributed by atoms with E-state index in [4.69, 9.17) is 5.11 Å². The molecule has 156 valence electrons. The Morgan fingerprint density at radius 1 is 0.933 bits per heavy atom. The zero-order valence-corrected chi connectivity index (χ0v) is 16.9. The van der Waals surface area contributed by atoms with E-state index in [1.165, 1.54) is 4.90 Å². The van der Waals surface area contributed by atoms with E-state index in [-0.39, 0.29) is 17.8 Å². The maximum Gasteiger partial charge on any atom is 0.303 e. The summed E-state index contributed by atoms with van der Waals surface area (Å²) in [5.41, 5.74) is 2.34. The molecule has 1 unspecified atom stereocenters. The summed E-state index contributed by atoms with van der Waals surface area (Å²) in [5, 5.41) is 19.7. The Kier molecular flexibility index (Phi) is 6.67. The molecule has 1 aliphatic rings. The van der Waals surface area contributed by atoms with E-state index in [1.807, 2.05) is 49.4 Å². The normalized spacial score (nSPS) is 18.0. The number of hydrogen-bond donors (Lipinski definition) is 2. The third kappa shape index (κ3) is 4.59. The summed E-state index contributed by atoms with van der Waals surface area (Å²) in [6.45, 7) is 2.24. The topological polar surface area (TPSA) is 94.9 Å². The number of aliphatic hydroxyl groups excluding tert-OH is 1. The monoisotopic (exact) mass is 407 g/mol. The van der Waals surface area contributed by atoms with E-state index in [2.05, 4.69) is 0 Å². The first-order valence-electron chi connectivity index (χ1n) is 10.0. The van der Waals surface area contributed by atoms with Crippen LogP contribution in [-0.4, -0.2) is 39.3 Å². The lowest BCUT2D eigenvalue weighted by Crippen LogP contribution is -2.30. The number of carbonyl (C=O) groups is 3. The lowest BCUT2D eigenvalue weighted by Gasteiger charge is -2.25. The molecule has 1 fully saturated rings. The fraction of sp³-hybridized carbons (Fsp3) is 0.292. The average Bonchev–Trinajstić information content (AvgIpc) is 2.99. The van der Waals surface area contributed by atoms with E-state index < -0.39 is 23.7 Å². The van der Waals surface area contributed by atoms with Crippen LogP contribution in [0.1, 0.15) is 48.4 Å². The Labute approximate surface area is 175 Å². The summed E-state index contributed by atoms with van der Waals surface area (Å²) in [5.74, 6) is -2.38. The molecule has 6 nitrogen and oxygen atoms in total. The number of likely N-dealkylation sites (tertiary alicyclic amines) is 1. The molecule has 0 saturated carbocycles. The van der Waals surface area contributed by atoms with Gasteiger partial charge in [0.05, 0.1) is 11.6 Å². The van der Waals surface area contributed by atoms with Gasteiger partial charge in [0.1, 0.15) is 5.76 Å². The molecule has 2 aromatic carbocycles. The van der Waals surface area contributed by atoms with Gasteiger partial charge in [-0.1, -0.05) is 66.6 Å². The number of carboxylic acid groups (broad SMARTS) is 1. The minimum Gasteiger partial charge on any atom is -0.507 e. The zero-order valence-electron chi connectivity index (χ0n) is 16.9. The number of carboxylic acids is 1. The number of aliphatic carboxylic acids is 1. The van der Waals surface area contributed by atoms with Crippen LogP contribution < -0.4 is 0 Å². The fourth-order valence-corrected chi connectivity index (χ4v) is 3.69. The lowest BCUT2D eigenvalue weighted by molar-refractivity contribution is -0.140. The second-order valence-electron chi connectivity index (χ2n) is 7.47. The van der Waals surface area contributed by atoms with E-state index in [1.54, 1.807) is 12.1 Å². The molecule has 3 rings (SSSR count). The van der Waals surface area contributed by atoms with Gasteiger partial charge in [-0.05, 0) is 25.3 Å². The number of amides is 1. The van der Waals surface area contributed by atoms with Crippen LogP contribution in [0.25, 0.3) is 5.76 Å². The van der Waals surface area contributed by atoms with Crippen molar-refractivity contribution in [3.05, 3.63) is 76.9 Å². The van der Waals surface area contributed by atoms with Gasteiger partial charge in [0.15, 0.2) is 0 Å². The van der Waals surface area contributed by atoms with E-state index >= 15 is 0 Å². The SMILES string of the molecule is Cc1ccc(/C(O)=C2/C(=O)C(=O)N(CCCCCC(=O)O)C2c2ccccc2)cc1. The van der Waals surface area contributed by atoms with Crippen LogP contribution in [0, 0.1) is 6.92 Å². The molecule has 0 bridgehead atoms. The molecule has 1 amide bonds. The molecule has 0 aliphatic carbocycles. The summed E-state index contributed by atoms with van der Waals surface area (Å²) >= 11 is 0. The van der Waals surface area contributed by atoms with Crippen LogP contribution in [0.2, 0.25) is 0 Å². The first-order chi connectivity index (χ1) is 14.4. The fourth-order valence-electron chi connectivity index (χ4n) is 3.69. The maximum atomic E-state index is 12.9. The van der Waals surface area contributed by atoms with Crippen molar-refractivity contribution in [2.45, 2.75) is 38.6 Å². The Hall–Kier alpha value is -3.41. The minimum atomic E-state index is -0.849. The molecule has 2 aromatic rings. The summed E-state index contributed by atoms with van der Waals surface area (Å²) < 4.78 is 0. The highest BCUT2D eigenvalue weighted by atomic mass is 16.4. The smallest absolute Gasteiger partial charge is 0.303 e. The summed E-state index contributed by atoms with van der Waals surface area (Å²) in [4.78, 5) is 37.8. The number of unbranched alkanes of at least 4 members (excludes halogenated alkanes) is 2. The van der Waals surface area contributed by atoms with Crippen molar-refractivity contribution < 1.29 is 24.6 Å². The number of Topliss-reactive ketones (excluding diaryl/α,β-unsaturated/α-hetero) is 1. The Bertz CT molecular complexity index is 963. The van der Waals surface area contributed by atoms with Gasteiger partial charge in [0, 0.05) is 18.5 Å². The molecule has 6 heteroatoms. The van der Waals surface area contributed by atoms with Crippen LogP contribution >= 0.6 is 0 Å². The highest BCUT2D eigenvalue weighted by Crippen LogP contribution is 2.39. The molecule has 1 saturated heterocycles. The van der Waals surface area contributed by atoms with Gasteiger partial charge in [0.25, 0.3) is 11.7 Å². The molecular formula is C24H25NO5. The van der Waals surface area contributed by atoms with Crippen molar-refractivity contribution in [1.29, 1.82) is 0 Å². The van der Waals surface area contributed by atoms with E-state index in [9.17, 15) is 19.5 Å². The highest BCUT2D eigenvalue weighted by molar-refractivity contribution is 6.46. The number of aliphatic hydroxyl groups is 1. The number of ketones is 1. The predicted octanol–water partition coefficient (Wildman–Crippen LogP) is 4.06.